The number of hydrogen-bond acceptors (Lipinski definition) is 17. The van der Waals surface area contributed by atoms with Gasteiger partial charge < -0.3 is 83.1 Å². The molecule has 0 aromatic heterocycles. The molecule has 0 aliphatic carbocycles. The molecule has 0 saturated carbocycles. The van der Waals surface area contributed by atoms with E-state index in [2.05, 4.69) is 66.7 Å². The minimum atomic E-state index is -0.132. The van der Waals surface area contributed by atoms with Gasteiger partial charge >= 0.3 is 0 Å². The van der Waals surface area contributed by atoms with E-state index in [4.69, 9.17) is 47.4 Å². The average Bonchev–Trinajstić information content (AvgIpc) is 0.774. The van der Waals surface area contributed by atoms with Gasteiger partial charge in [0.05, 0.1) is 69.1 Å². The summed E-state index contributed by atoms with van der Waals surface area (Å²) in [5.74, 6) is 9.33. The van der Waals surface area contributed by atoms with E-state index < -0.39 is 0 Å². The summed E-state index contributed by atoms with van der Waals surface area (Å²) in [6, 6.07) is 73.6. The molecule has 16 rings (SSSR count). The standard InChI is InChI=1S/C24H24O5.2C24H24O4.C23H22O4/c1-14-22(28-3)11-9-18-23(15-4-7-17(27-2)8-5-15)19(13-29-24(14)18)16-6-10-20(25)21(26)12-16;1-14-4-5-17(12-22(14)26)20-13-28-24-15(2)21(25)11-10-19(24)23(20)16-6-8-18(27-3)9-7-16;1-15-22(25)12-11-20-23(16-7-9-18(26-2)10-8-16)21(14-28-24(15)20)17-5-4-6-19(13-17)27-3;1-14-21(25)11-10-19-22(15-6-8-18(26-2)9-7-15)20(13-27-23(14)19)16-4-3-5-17(24)12-16/h4-12,19,23,25-26H,13H2,1-3H3;4-12,20,23,25-26H,13H2,1-3H3;4-13,21,23,25H,14H2,1-3H3;3-12,20,22,24-25H,13H2,1-2H3. The van der Waals surface area contributed by atoms with Crippen LogP contribution in [-0.4, -0.2) is 105 Å². The van der Waals surface area contributed by atoms with Crippen molar-refractivity contribution in [1.82, 2.24) is 0 Å². The van der Waals surface area contributed by atoms with Crippen LogP contribution < -0.4 is 47.4 Å². The number of benzene rings is 12. The van der Waals surface area contributed by atoms with E-state index in [1.54, 1.807) is 79.1 Å². The minimum Gasteiger partial charge on any atom is -0.508 e. The lowest BCUT2D eigenvalue weighted by Crippen LogP contribution is -2.26. The Kier molecular flexibility index (Phi) is 23.5. The van der Waals surface area contributed by atoms with E-state index in [0.29, 0.717) is 32.2 Å². The highest BCUT2D eigenvalue weighted by Crippen LogP contribution is 2.55. The molecule has 0 fully saturated rings. The first-order valence-electron chi connectivity index (χ1n) is 37.2. The quantitative estimate of drug-likeness (QED) is 0.0502. The molecule has 8 atom stereocenters. The van der Waals surface area contributed by atoms with Crippen LogP contribution in [0.3, 0.4) is 0 Å². The number of rotatable bonds is 14. The summed E-state index contributed by atoms with van der Waals surface area (Å²) >= 11 is 0. The van der Waals surface area contributed by atoms with Gasteiger partial charge in [0, 0.05) is 91.9 Å². The summed E-state index contributed by atoms with van der Waals surface area (Å²) in [5.41, 5.74) is 17.0. The molecular formula is C95H94O17. The van der Waals surface area contributed by atoms with Gasteiger partial charge in [-0.3, -0.25) is 0 Å². The molecule has 112 heavy (non-hydrogen) atoms. The number of aryl methyl sites for hydroxylation is 1. The first-order chi connectivity index (χ1) is 54.2. The second-order valence-electron chi connectivity index (χ2n) is 28.5. The van der Waals surface area contributed by atoms with Gasteiger partial charge in [-0.25, -0.2) is 0 Å². The molecule has 0 spiro atoms. The number of hydrogen-bond donors (Lipinski definition) is 7. The van der Waals surface area contributed by atoms with Crippen LogP contribution in [0, 0.1) is 34.6 Å². The molecule has 17 heteroatoms. The van der Waals surface area contributed by atoms with Gasteiger partial charge in [-0.15, -0.1) is 0 Å². The lowest BCUT2D eigenvalue weighted by molar-refractivity contribution is 0.245. The fourth-order valence-corrected chi connectivity index (χ4v) is 16.0. The van der Waals surface area contributed by atoms with Crippen LogP contribution in [-0.2, 0) is 0 Å². The second kappa shape index (κ2) is 34.0. The van der Waals surface area contributed by atoms with Crippen LogP contribution in [0.15, 0.2) is 231 Å². The van der Waals surface area contributed by atoms with E-state index in [-0.39, 0.29) is 81.8 Å². The van der Waals surface area contributed by atoms with Crippen LogP contribution in [0.2, 0.25) is 0 Å². The Morgan fingerprint density at radius 2 is 0.554 bits per heavy atom. The summed E-state index contributed by atoms with van der Waals surface area (Å²) in [6.45, 7) is 11.4. The lowest BCUT2D eigenvalue weighted by atomic mass is 9.75. The molecule has 0 radical (unpaired) electrons. The summed E-state index contributed by atoms with van der Waals surface area (Å²) in [6.07, 6.45) is 0. The predicted octanol–water partition coefficient (Wildman–Crippen LogP) is 19.5. The zero-order valence-electron chi connectivity index (χ0n) is 64.6. The van der Waals surface area contributed by atoms with Crippen LogP contribution in [0.25, 0.3) is 0 Å². The molecule has 8 unspecified atom stereocenters. The predicted molar refractivity (Wildman–Crippen MR) is 432 cm³/mol. The molecule has 0 amide bonds. The van der Waals surface area contributed by atoms with Crippen LogP contribution in [0.4, 0.5) is 0 Å². The molecule has 12 aromatic rings. The topological polar surface area (TPSA) is 234 Å². The van der Waals surface area contributed by atoms with Crippen LogP contribution >= 0.6 is 0 Å². The smallest absolute Gasteiger partial charge is 0.157 e. The van der Waals surface area contributed by atoms with Crippen molar-refractivity contribution in [3.05, 3.63) is 325 Å². The SMILES string of the molecule is COc1ccc(C2c3ccc(O)c(C)c3OCC2c2ccc(C)c(O)c2)cc1.COc1ccc(C2c3ccc(O)c(C)c3OCC2c2cccc(O)c2)cc1.COc1ccc(C2c3ccc(O)c(C)c3OCC2c2cccc(OC)c2)cc1.COc1ccc(C2c3ccc(OC)c(C)c3OCC2c2ccc(O)c(O)c2)cc1. The molecule has 7 N–H and O–H groups in total. The fraction of sp³-hybridized carbons (Fsp3) is 0.242. The van der Waals surface area contributed by atoms with E-state index in [0.717, 1.165) is 147 Å². The van der Waals surface area contributed by atoms with Crippen molar-refractivity contribution in [2.45, 2.75) is 82.0 Å². The van der Waals surface area contributed by atoms with Gasteiger partial charge in [0.2, 0.25) is 0 Å². The van der Waals surface area contributed by atoms with Gasteiger partial charge in [-0.1, -0.05) is 115 Å². The number of ether oxygens (including phenoxy) is 10. The molecule has 12 aromatic carbocycles. The molecule has 17 nitrogen and oxygen atoms in total. The third-order valence-corrected chi connectivity index (χ3v) is 22.2. The van der Waals surface area contributed by atoms with Gasteiger partial charge in [-0.05, 0) is 200 Å². The highest BCUT2D eigenvalue weighted by Gasteiger charge is 2.40. The van der Waals surface area contributed by atoms with Crippen molar-refractivity contribution in [3.8, 4) is 97.7 Å². The number of aromatic hydroxyl groups is 7. The highest BCUT2D eigenvalue weighted by molar-refractivity contribution is 5.61. The molecule has 4 heterocycles. The van der Waals surface area contributed by atoms with Crippen molar-refractivity contribution < 1.29 is 83.1 Å². The van der Waals surface area contributed by atoms with E-state index in [9.17, 15) is 35.7 Å². The van der Waals surface area contributed by atoms with Crippen molar-refractivity contribution in [1.29, 1.82) is 0 Å². The maximum Gasteiger partial charge on any atom is 0.157 e. The molecule has 0 saturated heterocycles. The number of methoxy groups -OCH3 is 6. The highest BCUT2D eigenvalue weighted by atomic mass is 16.5. The molecule has 0 bridgehead atoms. The van der Waals surface area contributed by atoms with Gasteiger partial charge in [0.15, 0.2) is 11.5 Å². The first-order valence-corrected chi connectivity index (χ1v) is 37.2. The van der Waals surface area contributed by atoms with Crippen molar-refractivity contribution in [3.63, 3.8) is 0 Å². The fourth-order valence-electron chi connectivity index (χ4n) is 16.0. The van der Waals surface area contributed by atoms with E-state index >= 15 is 0 Å². The zero-order chi connectivity index (χ0) is 79.0. The van der Waals surface area contributed by atoms with Gasteiger partial charge in [0.25, 0.3) is 0 Å². The van der Waals surface area contributed by atoms with Crippen molar-refractivity contribution >= 4 is 0 Å². The Morgan fingerprint density at radius 1 is 0.250 bits per heavy atom. The zero-order valence-corrected chi connectivity index (χ0v) is 64.6. The Morgan fingerprint density at radius 3 is 0.893 bits per heavy atom. The third-order valence-electron chi connectivity index (χ3n) is 22.2. The maximum absolute atomic E-state index is 10.2. The van der Waals surface area contributed by atoms with Crippen LogP contribution in [0.5, 0.6) is 97.7 Å². The normalized spacial score (nSPS) is 18.2. The van der Waals surface area contributed by atoms with Crippen LogP contribution in [0.1, 0.15) is 142 Å². The Bertz CT molecular complexity index is 5290. The Hall–Kier alpha value is -12.8. The lowest BCUT2D eigenvalue weighted by Gasteiger charge is -2.35. The summed E-state index contributed by atoms with van der Waals surface area (Å²) in [7, 11) is 9.96. The van der Waals surface area contributed by atoms with Gasteiger partial charge in [-0.2, -0.15) is 0 Å². The largest absolute Gasteiger partial charge is 0.508 e. The Labute approximate surface area is 653 Å². The van der Waals surface area contributed by atoms with Crippen molar-refractivity contribution in [2.75, 3.05) is 69.1 Å². The van der Waals surface area contributed by atoms with Gasteiger partial charge in [0.1, 0.15) is 86.2 Å². The third kappa shape index (κ3) is 16.0. The van der Waals surface area contributed by atoms with E-state index in [1.807, 2.05) is 156 Å². The summed E-state index contributed by atoms with van der Waals surface area (Å²) in [4.78, 5) is 0. The monoisotopic (exact) mass is 1510 g/mol. The second-order valence-corrected chi connectivity index (χ2v) is 28.5. The van der Waals surface area contributed by atoms with Crippen molar-refractivity contribution in [2.24, 2.45) is 0 Å². The summed E-state index contributed by atoms with van der Waals surface area (Å²) in [5, 5.41) is 70.3. The maximum atomic E-state index is 10.2. The molecule has 4 aliphatic heterocycles. The number of fused-ring (bicyclic) bond motifs is 4. The van der Waals surface area contributed by atoms with E-state index in [1.165, 1.54) is 11.6 Å². The summed E-state index contributed by atoms with van der Waals surface area (Å²) < 4.78 is 56.6. The number of phenols is 7. The molecular weight excluding hydrogens is 1410 g/mol. The molecule has 4 aliphatic rings. The molecule has 576 valence electrons. The first kappa shape index (κ1) is 77.4. The average molecular weight is 1510 g/mol. The number of phenolic OH excluding ortho intramolecular Hbond substituents is 7. The Balaban J connectivity index is 0.000000131. The minimum absolute atomic E-state index is 0.0122.